The lowest BCUT2D eigenvalue weighted by atomic mass is 9.95. The maximum Gasteiger partial charge on any atom is 0.264 e. The minimum absolute atomic E-state index is 0.122. The van der Waals surface area contributed by atoms with E-state index in [1.807, 2.05) is 28.2 Å². The highest BCUT2D eigenvalue weighted by atomic mass is 32.1. The van der Waals surface area contributed by atoms with Gasteiger partial charge in [-0.15, -0.1) is 11.3 Å². The lowest BCUT2D eigenvalue weighted by Gasteiger charge is -2.33. The monoisotopic (exact) mass is 306 g/mol. The third kappa shape index (κ3) is 2.98. The van der Waals surface area contributed by atoms with E-state index in [2.05, 4.69) is 0 Å². The molecule has 0 N–H and O–H groups in total. The number of aryl methyl sites for hydroxylation is 1. The predicted octanol–water partition coefficient (Wildman–Crippen LogP) is 2.53. The zero-order chi connectivity index (χ0) is 14.8. The summed E-state index contributed by atoms with van der Waals surface area (Å²) in [5, 5.41) is 1.96. The van der Waals surface area contributed by atoms with E-state index in [9.17, 15) is 9.59 Å². The molecule has 2 aliphatic heterocycles. The number of carbonyl (C=O) groups is 2. The summed E-state index contributed by atoms with van der Waals surface area (Å²) in [6.07, 6.45) is 3.90. The third-order valence-corrected chi connectivity index (χ3v) is 5.61. The Kier molecular flexibility index (Phi) is 4.29. The molecule has 2 amide bonds. The van der Waals surface area contributed by atoms with E-state index in [-0.39, 0.29) is 11.8 Å². The van der Waals surface area contributed by atoms with Gasteiger partial charge < -0.3 is 9.80 Å². The zero-order valence-corrected chi connectivity index (χ0v) is 13.3. The summed E-state index contributed by atoms with van der Waals surface area (Å²) in [5.41, 5.74) is 1.06. The quantitative estimate of drug-likeness (QED) is 0.842. The number of nitrogens with zero attached hydrogens (tertiary/aromatic N) is 2. The van der Waals surface area contributed by atoms with Crippen LogP contribution in [0.5, 0.6) is 0 Å². The molecular weight excluding hydrogens is 284 g/mol. The molecule has 0 radical (unpaired) electrons. The van der Waals surface area contributed by atoms with E-state index in [1.165, 1.54) is 11.3 Å². The SMILES string of the molecule is Cc1ccsc1C(=O)N1CCC(C(=O)N2CCCC2)CC1. The van der Waals surface area contributed by atoms with Crippen LogP contribution in [0, 0.1) is 12.8 Å². The molecule has 114 valence electrons. The summed E-state index contributed by atoms with van der Waals surface area (Å²) >= 11 is 1.51. The summed E-state index contributed by atoms with van der Waals surface area (Å²) in [4.78, 5) is 29.6. The van der Waals surface area contributed by atoms with Crippen LogP contribution in [0.3, 0.4) is 0 Å². The van der Waals surface area contributed by atoms with Gasteiger partial charge in [0.1, 0.15) is 0 Å². The van der Waals surface area contributed by atoms with Crippen LogP contribution in [0.4, 0.5) is 0 Å². The minimum Gasteiger partial charge on any atom is -0.342 e. The Bertz CT molecular complexity index is 526. The fourth-order valence-corrected chi connectivity index (χ4v) is 4.15. The summed E-state index contributed by atoms with van der Waals surface area (Å²) in [6.45, 7) is 5.24. The van der Waals surface area contributed by atoms with Crippen molar-refractivity contribution in [3.8, 4) is 0 Å². The number of hydrogen-bond donors (Lipinski definition) is 0. The Balaban J connectivity index is 1.56. The molecule has 1 aromatic heterocycles. The van der Waals surface area contributed by atoms with Gasteiger partial charge in [-0.05, 0) is 49.6 Å². The van der Waals surface area contributed by atoms with Crippen molar-refractivity contribution in [2.45, 2.75) is 32.6 Å². The van der Waals surface area contributed by atoms with Crippen LogP contribution in [0.1, 0.15) is 40.9 Å². The summed E-state index contributed by atoms with van der Waals surface area (Å²) in [5.74, 6) is 0.568. The van der Waals surface area contributed by atoms with Crippen molar-refractivity contribution in [1.29, 1.82) is 0 Å². The maximum atomic E-state index is 12.5. The molecular formula is C16H22N2O2S. The van der Waals surface area contributed by atoms with Gasteiger partial charge in [-0.1, -0.05) is 0 Å². The summed E-state index contributed by atoms with van der Waals surface area (Å²) in [7, 11) is 0. The lowest BCUT2D eigenvalue weighted by molar-refractivity contribution is -0.135. The molecule has 0 atom stereocenters. The molecule has 4 nitrogen and oxygen atoms in total. The molecule has 0 unspecified atom stereocenters. The Morgan fingerprint density at radius 2 is 1.76 bits per heavy atom. The van der Waals surface area contributed by atoms with Crippen LogP contribution in [0.2, 0.25) is 0 Å². The highest BCUT2D eigenvalue weighted by Crippen LogP contribution is 2.25. The molecule has 2 aliphatic rings. The highest BCUT2D eigenvalue weighted by molar-refractivity contribution is 7.12. The van der Waals surface area contributed by atoms with Crippen LogP contribution in [0.15, 0.2) is 11.4 Å². The highest BCUT2D eigenvalue weighted by Gasteiger charge is 2.31. The number of thiophene rings is 1. The minimum atomic E-state index is 0.122. The molecule has 0 saturated carbocycles. The fraction of sp³-hybridized carbons (Fsp3) is 0.625. The van der Waals surface area contributed by atoms with E-state index in [0.717, 1.165) is 49.2 Å². The first-order valence-corrected chi connectivity index (χ1v) is 8.67. The van der Waals surface area contributed by atoms with Gasteiger partial charge in [0.25, 0.3) is 5.91 Å². The normalized spacial score (nSPS) is 20.0. The molecule has 2 fully saturated rings. The van der Waals surface area contributed by atoms with Gasteiger partial charge in [0.2, 0.25) is 5.91 Å². The molecule has 5 heteroatoms. The van der Waals surface area contributed by atoms with E-state index >= 15 is 0 Å². The topological polar surface area (TPSA) is 40.6 Å². The van der Waals surface area contributed by atoms with Gasteiger partial charge in [0, 0.05) is 32.1 Å². The van der Waals surface area contributed by atoms with Crippen molar-refractivity contribution in [3.05, 3.63) is 21.9 Å². The van der Waals surface area contributed by atoms with Gasteiger partial charge >= 0.3 is 0 Å². The van der Waals surface area contributed by atoms with Gasteiger partial charge in [0.05, 0.1) is 4.88 Å². The molecule has 0 spiro atoms. The molecule has 3 heterocycles. The molecule has 3 rings (SSSR count). The van der Waals surface area contributed by atoms with Crippen LogP contribution >= 0.6 is 11.3 Å². The molecule has 0 aromatic carbocycles. The van der Waals surface area contributed by atoms with Crippen LogP contribution in [-0.4, -0.2) is 47.8 Å². The summed E-state index contributed by atoms with van der Waals surface area (Å²) < 4.78 is 0. The number of rotatable bonds is 2. The number of amides is 2. The first-order chi connectivity index (χ1) is 10.2. The largest absolute Gasteiger partial charge is 0.342 e. The maximum absolute atomic E-state index is 12.5. The van der Waals surface area contributed by atoms with Gasteiger partial charge in [-0.3, -0.25) is 9.59 Å². The standard InChI is InChI=1S/C16H22N2O2S/c1-12-6-11-21-14(12)16(20)18-9-4-13(5-10-18)15(19)17-7-2-3-8-17/h6,11,13H,2-5,7-10H2,1H3. The van der Waals surface area contributed by atoms with Crippen molar-refractivity contribution in [1.82, 2.24) is 9.80 Å². The summed E-state index contributed by atoms with van der Waals surface area (Å²) in [6, 6.07) is 1.99. The Morgan fingerprint density at radius 3 is 2.33 bits per heavy atom. The van der Waals surface area contributed by atoms with Crippen LogP contribution in [-0.2, 0) is 4.79 Å². The van der Waals surface area contributed by atoms with E-state index in [4.69, 9.17) is 0 Å². The Hall–Kier alpha value is -1.36. The van der Waals surface area contributed by atoms with E-state index in [0.29, 0.717) is 19.0 Å². The predicted molar refractivity (Wildman–Crippen MR) is 83.5 cm³/mol. The van der Waals surface area contributed by atoms with Crippen molar-refractivity contribution in [2.75, 3.05) is 26.2 Å². The first-order valence-electron chi connectivity index (χ1n) is 7.79. The number of likely N-dealkylation sites (tertiary alicyclic amines) is 2. The van der Waals surface area contributed by atoms with Crippen molar-refractivity contribution >= 4 is 23.2 Å². The molecule has 2 saturated heterocycles. The van der Waals surface area contributed by atoms with Crippen molar-refractivity contribution in [3.63, 3.8) is 0 Å². The number of carbonyl (C=O) groups excluding carboxylic acids is 2. The van der Waals surface area contributed by atoms with Gasteiger partial charge in [0.15, 0.2) is 0 Å². The Morgan fingerprint density at radius 1 is 1.10 bits per heavy atom. The average molecular weight is 306 g/mol. The fourth-order valence-electron chi connectivity index (χ4n) is 3.26. The van der Waals surface area contributed by atoms with Gasteiger partial charge in [-0.25, -0.2) is 0 Å². The number of piperidine rings is 1. The van der Waals surface area contributed by atoms with E-state index in [1.54, 1.807) is 0 Å². The second-order valence-electron chi connectivity index (χ2n) is 6.03. The second kappa shape index (κ2) is 6.18. The van der Waals surface area contributed by atoms with Gasteiger partial charge in [-0.2, -0.15) is 0 Å². The molecule has 21 heavy (non-hydrogen) atoms. The van der Waals surface area contributed by atoms with Crippen LogP contribution < -0.4 is 0 Å². The van der Waals surface area contributed by atoms with E-state index < -0.39 is 0 Å². The lowest BCUT2D eigenvalue weighted by Crippen LogP contribution is -2.43. The van der Waals surface area contributed by atoms with Crippen LogP contribution in [0.25, 0.3) is 0 Å². The molecule has 0 aliphatic carbocycles. The smallest absolute Gasteiger partial charge is 0.264 e. The molecule has 0 bridgehead atoms. The van der Waals surface area contributed by atoms with Crippen molar-refractivity contribution in [2.24, 2.45) is 5.92 Å². The average Bonchev–Trinajstić information content (AvgIpc) is 3.17. The number of hydrogen-bond acceptors (Lipinski definition) is 3. The second-order valence-corrected chi connectivity index (χ2v) is 6.95. The zero-order valence-electron chi connectivity index (χ0n) is 12.5. The Labute approximate surface area is 129 Å². The van der Waals surface area contributed by atoms with Crippen molar-refractivity contribution < 1.29 is 9.59 Å². The molecule has 1 aromatic rings. The third-order valence-electron chi connectivity index (χ3n) is 4.61. The first kappa shape index (κ1) is 14.6.